The van der Waals surface area contributed by atoms with Crippen molar-refractivity contribution in [2.75, 3.05) is 0 Å². The summed E-state index contributed by atoms with van der Waals surface area (Å²) >= 11 is -3.29. The Balaban J connectivity index is 0. The Morgan fingerprint density at radius 3 is 0.833 bits per heavy atom. The predicted molar refractivity (Wildman–Crippen MR) is 30.1 cm³/mol. The van der Waals surface area contributed by atoms with Gasteiger partial charge in [-0.3, -0.25) is 0 Å². The van der Waals surface area contributed by atoms with Crippen molar-refractivity contribution in [1.82, 2.24) is 0 Å². The summed E-state index contributed by atoms with van der Waals surface area (Å²) in [5.74, 6) is 0. The molecule has 0 aliphatic carbocycles. The van der Waals surface area contributed by atoms with E-state index in [0.717, 1.165) is 0 Å². The van der Waals surface area contributed by atoms with E-state index in [1.807, 2.05) is 0 Å². The molecule has 0 unspecified atom stereocenters. The molecule has 0 bridgehead atoms. The normalized spacial score (nSPS) is 10.0. The van der Waals surface area contributed by atoms with Crippen molar-refractivity contribution >= 4 is 34.1 Å². The second kappa shape index (κ2) is 3.98. The summed E-state index contributed by atoms with van der Waals surface area (Å²) in [4.78, 5) is 0. The first kappa shape index (κ1) is 10.9. The van der Waals surface area contributed by atoms with Gasteiger partial charge >= 0.3 is 49.5 Å². The fraction of sp³-hybridized carbons (Fsp3) is 1.00. The zero-order valence-corrected chi connectivity index (χ0v) is 7.49. The predicted octanol–water partition coefficient (Wildman–Crippen LogP) is 3.39. The quantitative estimate of drug-likeness (QED) is 0.617. The van der Waals surface area contributed by atoms with E-state index in [9.17, 15) is 0 Å². The molecular formula is CH4Cl4Zr. The van der Waals surface area contributed by atoms with Crippen LogP contribution in [0.3, 0.4) is 0 Å². The van der Waals surface area contributed by atoms with E-state index in [1.54, 1.807) is 0 Å². The first-order chi connectivity index (χ1) is 2.00. The van der Waals surface area contributed by atoms with Crippen LogP contribution in [0.5, 0.6) is 0 Å². The van der Waals surface area contributed by atoms with E-state index < -0.39 is 15.5 Å². The van der Waals surface area contributed by atoms with Gasteiger partial charge in [0.25, 0.3) is 0 Å². The number of hydrogen-bond acceptors (Lipinski definition) is 0. The molecule has 0 nitrogen and oxygen atoms in total. The fourth-order valence-corrected chi connectivity index (χ4v) is 0. The van der Waals surface area contributed by atoms with Crippen LogP contribution in [0, 0.1) is 0 Å². The van der Waals surface area contributed by atoms with Gasteiger partial charge in [-0.1, -0.05) is 7.43 Å². The second-order valence-electron chi connectivity index (χ2n) is 0.429. The van der Waals surface area contributed by atoms with E-state index in [0.29, 0.717) is 0 Å². The van der Waals surface area contributed by atoms with Gasteiger partial charge < -0.3 is 0 Å². The van der Waals surface area contributed by atoms with E-state index in [4.69, 9.17) is 34.1 Å². The molecule has 0 N–H and O–H groups in total. The molecule has 0 amide bonds. The van der Waals surface area contributed by atoms with Crippen LogP contribution < -0.4 is 0 Å². The first-order valence-corrected chi connectivity index (χ1v) is 13.4. The second-order valence-corrected chi connectivity index (χ2v) is 22.8. The monoisotopic (exact) mass is 246 g/mol. The number of hydrogen-bond donors (Lipinski definition) is 0. The molecule has 0 spiro atoms. The molecule has 0 heterocycles. The van der Waals surface area contributed by atoms with Gasteiger partial charge in [-0.05, 0) is 0 Å². The number of rotatable bonds is 0. The third-order valence-electron chi connectivity index (χ3n) is 0. The summed E-state index contributed by atoms with van der Waals surface area (Å²) in [7, 11) is 20.1. The standard InChI is InChI=1S/CH4.4ClH.Zr/h1H4;4*1H;/q;;;;;+4/p-4. The summed E-state index contributed by atoms with van der Waals surface area (Å²) in [6, 6.07) is 0. The first-order valence-electron chi connectivity index (χ1n) is 0.756. The van der Waals surface area contributed by atoms with Crippen molar-refractivity contribution in [2.45, 2.75) is 7.43 Å². The summed E-state index contributed by atoms with van der Waals surface area (Å²) in [6.45, 7) is 0. The molecule has 40 valence electrons. The Kier molecular flexibility index (Phi) is 7.24. The Hall–Kier alpha value is 2.04. The molecule has 0 aromatic carbocycles. The molecular weight excluding hydrogens is 245 g/mol. The summed E-state index contributed by atoms with van der Waals surface area (Å²) in [6.07, 6.45) is 0. The molecule has 0 saturated carbocycles. The van der Waals surface area contributed by atoms with Gasteiger partial charge in [0.15, 0.2) is 0 Å². The van der Waals surface area contributed by atoms with Gasteiger partial charge in [-0.15, -0.1) is 0 Å². The Morgan fingerprint density at radius 2 is 0.833 bits per heavy atom. The molecule has 0 rings (SSSR count). The van der Waals surface area contributed by atoms with E-state index in [-0.39, 0.29) is 7.43 Å². The third-order valence-corrected chi connectivity index (χ3v) is 0. The van der Waals surface area contributed by atoms with Gasteiger partial charge in [0.05, 0.1) is 0 Å². The number of halogens is 4. The molecule has 0 aliphatic heterocycles. The van der Waals surface area contributed by atoms with Gasteiger partial charge in [0.1, 0.15) is 0 Å². The van der Waals surface area contributed by atoms with Gasteiger partial charge in [0, 0.05) is 0 Å². The molecule has 5 heteroatoms. The molecule has 0 aromatic heterocycles. The molecule has 0 aromatic rings. The summed E-state index contributed by atoms with van der Waals surface area (Å²) in [5.41, 5.74) is 0. The summed E-state index contributed by atoms with van der Waals surface area (Å²) < 4.78 is 0. The van der Waals surface area contributed by atoms with Gasteiger partial charge in [0.2, 0.25) is 0 Å². The van der Waals surface area contributed by atoms with Crippen molar-refractivity contribution in [3.05, 3.63) is 0 Å². The van der Waals surface area contributed by atoms with Crippen LogP contribution in [0.1, 0.15) is 7.43 Å². The average molecular weight is 249 g/mol. The maximum absolute atomic E-state index is 5.04. The van der Waals surface area contributed by atoms with E-state index in [1.165, 1.54) is 0 Å². The van der Waals surface area contributed by atoms with Crippen LogP contribution >= 0.6 is 34.1 Å². The van der Waals surface area contributed by atoms with Crippen LogP contribution in [-0.4, -0.2) is 0 Å². The van der Waals surface area contributed by atoms with Crippen LogP contribution in [0.25, 0.3) is 0 Å². The van der Waals surface area contributed by atoms with Crippen LogP contribution in [-0.2, 0) is 15.5 Å². The van der Waals surface area contributed by atoms with Crippen molar-refractivity contribution in [2.24, 2.45) is 0 Å². The van der Waals surface area contributed by atoms with Crippen LogP contribution in [0.2, 0.25) is 0 Å². The average Bonchev–Trinajstić information content (AvgIpc) is 0.722. The molecule has 6 heavy (non-hydrogen) atoms. The molecule has 0 aliphatic rings. The van der Waals surface area contributed by atoms with Crippen LogP contribution in [0.15, 0.2) is 0 Å². The Labute approximate surface area is 56.3 Å². The van der Waals surface area contributed by atoms with Crippen molar-refractivity contribution in [1.29, 1.82) is 0 Å². The van der Waals surface area contributed by atoms with Gasteiger partial charge in [-0.2, -0.15) is 0 Å². The molecule has 0 radical (unpaired) electrons. The minimum absolute atomic E-state index is 0. The van der Waals surface area contributed by atoms with Crippen molar-refractivity contribution in [3.8, 4) is 0 Å². The molecule has 0 atom stereocenters. The maximum atomic E-state index is 5.04. The minimum atomic E-state index is -3.29. The van der Waals surface area contributed by atoms with Crippen LogP contribution in [0.4, 0.5) is 0 Å². The fourth-order valence-electron chi connectivity index (χ4n) is 0. The van der Waals surface area contributed by atoms with E-state index >= 15 is 0 Å². The van der Waals surface area contributed by atoms with Crippen molar-refractivity contribution < 1.29 is 15.5 Å². The SMILES string of the molecule is C.[Cl][Zr]([Cl])([Cl])[Cl]. The molecule has 0 fully saturated rings. The topological polar surface area (TPSA) is 0 Å². The Bertz CT molecular complexity index is 23.0. The van der Waals surface area contributed by atoms with Crippen molar-refractivity contribution in [3.63, 3.8) is 0 Å². The molecule has 0 saturated heterocycles. The third kappa shape index (κ3) is 36.8. The zero-order valence-electron chi connectivity index (χ0n) is 2.01. The van der Waals surface area contributed by atoms with Gasteiger partial charge in [-0.25, -0.2) is 0 Å². The Morgan fingerprint density at radius 1 is 0.833 bits per heavy atom. The van der Waals surface area contributed by atoms with E-state index in [2.05, 4.69) is 0 Å². The summed E-state index contributed by atoms with van der Waals surface area (Å²) in [5, 5.41) is 0. The zero-order chi connectivity index (χ0) is 4.50.